The highest BCUT2D eigenvalue weighted by Crippen LogP contribution is 2.10. The van der Waals surface area contributed by atoms with Crippen LogP contribution in [-0.4, -0.2) is 38.8 Å². The maximum atomic E-state index is 11.5. The Balaban J connectivity index is 2.34. The van der Waals surface area contributed by atoms with Crippen LogP contribution in [0, 0.1) is 11.8 Å². The molecule has 0 aliphatic carbocycles. The molecule has 1 unspecified atom stereocenters. The van der Waals surface area contributed by atoms with Crippen LogP contribution in [-0.2, 0) is 9.53 Å². The summed E-state index contributed by atoms with van der Waals surface area (Å²) in [5.41, 5.74) is 0. The molecule has 0 spiro atoms. The lowest BCUT2D eigenvalue weighted by Gasteiger charge is -2.26. The van der Waals surface area contributed by atoms with Gasteiger partial charge < -0.3 is 15.4 Å². The average molecular weight is 228 g/mol. The van der Waals surface area contributed by atoms with Crippen molar-refractivity contribution in [3.63, 3.8) is 0 Å². The summed E-state index contributed by atoms with van der Waals surface area (Å²) in [6.07, 6.45) is 2.48. The van der Waals surface area contributed by atoms with Crippen molar-refractivity contribution >= 4 is 5.97 Å². The minimum atomic E-state index is -0.174. The van der Waals surface area contributed by atoms with Crippen LogP contribution in [0.15, 0.2) is 0 Å². The summed E-state index contributed by atoms with van der Waals surface area (Å²) in [5, 5.41) is 6.70. The summed E-state index contributed by atoms with van der Waals surface area (Å²) in [5.74, 6) is 0.752. The smallest absolute Gasteiger partial charge is 0.323 e. The fraction of sp³-hybridized carbons (Fsp3) is 0.917. The fourth-order valence-corrected chi connectivity index (χ4v) is 2.11. The summed E-state index contributed by atoms with van der Waals surface area (Å²) in [7, 11) is 1.45. The van der Waals surface area contributed by atoms with Crippen LogP contribution in [0.1, 0.15) is 26.7 Å². The van der Waals surface area contributed by atoms with Crippen LogP contribution in [0.4, 0.5) is 0 Å². The number of hydrogen-bond donors (Lipinski definition) is 2. The van der Waals surface area contributed by atoms with Gasteiger partial charge in [0.15, 0.2) is 0 Å². The minimum absolute atomic E-state index is 0.154. The van der Waals surface area contributed by atoms with Crippen LogP contribution in [0.3, 0.4) is 0 Å². The lowest BCUT2D eigenvalue weighted by molar-refractivity contribution is -0.144. The van der Waals surface area contributed by atoms with Crippen molar-refractivity contribution in [1.29, 1.82) is 0 Å². The van der Waals surface area contributed by atoms with Gasteiger partial charge in [0.2, 0.25) is 0 Å². The molecule has 0 aromatic heterocycles. The molecule has 2 atom stereocenters. The lowest BCUT2D eigenvalue weighted by atomic mass is 9.98. The fourth-order valence-electron chi connectivity index (χ4n) is 2.11. The SMILES string of the molecule is COC(=O)[C@@H](NCC1CCCNC1)C(C)C. The van der Waals surface area contributed by atoms with Gasteiger partial charge in [0.05, 0.1) is 7.11 Å². The van der Waals surface area contributed by atoms with Gasteiger partial charge in [-0.05, 0) is 44.3 Å². The van der Waals surface area contributed by atoms with Crippen molar-refractivity contribution in [2.75, 3.05) is 26.7 Å². The first-order valence-corrected chi connectivity index (χ1v) is 6.17. The molecule has 4 nitrogen and oxygen atoms in total. The first kappa shape index (κ1) is 13.5. The molecule has 1 rings (SSSR count). The van der Waals surface area contributed by atoms with Crippen LogP contribution < -0.4 is 10.6 Å². The number of carbonyl (C=O) groups is 1. The van der Waals surface area contributed by atoms with Gasteiger partial charge >= 0.3 is 5.97 Å². The maximum Gasteiger partial charge on any atom is 0.323 e. The number of esters is 1. The standard InChI is InChI=1S/C12H24N2O2/c1-9(2)11(12(15)16-3)14-8-10-5-4-6-13-7-10/h9-11,13-14H,4-8H2,1-3H3/t10?,11-/m0/s1. The first-order valence-electron chi connectivity index (χ1n) is 6.17. The van der Waals surface area contributed by atoms with E-state index in [9.17, 15) is 4.79 Å². The van der Waals surface area contributed by atoms with Gasteiger partial charge in [-0.2, -0.15) is 0 Å². The Labute approximate surface area is 98.1 Å². The van der Waals surface area contributed by atoms with Crippen LogP contribution in [0.25, 0.3) is 0 Å². The Hall–Kier alpha value is -0.610. The number of methoxy groups -OCH3 is 1. The van der Waals surface area contributed by atoms with Crippen LogP contribution in [0.2, 0.25) is 0 Å². The van der Waals surface area contributed by atoms with Gasteiger partial charge in [0.25, 0.3) is 0 Å². The molecular formula is C12H24N2O2. The van der Waals surface area contributed by atoms with Crippen molar-refractivity contribution in [2.24, 2.45) is 11.8 Å². The molecule has 16 heavy (non-hydrogen) atoms. The second-order valence-electron chi connectivity index (χ2n) is 4.87. The quantitative estimate of drug-likeness (QED) is 0.683. The third kappa shape index (κ3) is 4.10. The number of piperidine rings is 1. The highest BCUT2D eigenvalue weighted by atomic mass is 16.5. The number of carbonyl (C=O) groups excluding carboxylic acids is 1. The van der Waals surface area contributed by atoms with E-state index in [1.54, 1.807) is 0 Å². The van der Waals surface area contributed by atoms with Gasteiger partial charge in [0.1, 0.15) is 6.04 Å². The number of nitrogens with one attached hydrogen (secondary N) is 2. The highest BCUT2D eigenvalue weighted by Gasteiger charge is 2.23. The lowest BCUT2D eigenvalue weighted by Crippen LogP contribution is -2.46. The summed E-state index contributed by atoms with van der Waals surface area (Å²) in [4.78, 5) is 11.5. The number of ether oxygens (including phenoxy) is 1. The molecule has 0 aromatic carbocycles. The number of rotatable bonds is 5. The summed E-state index contributed by atoms with van der Waals surface area (Å²) in [6, 6.07) is -0.174. The zero-order chi connectivity index (χ0) is 12.0. The molecule has 1 saturated heterocycles. The van der Waals surface area contributed by atoms with Crippen molar-refractivity contribution in [2.45, 2.75) is 32.7 Å². The van der Waals surface area contributed by atoms with E-state index in [4.69, 9.17) is 4.74 Å². The van der Waals surface area contributed by atoms with E-state index in [1.807, 2.05) is 13.8 Å². The second-order valence-corrected chi connectivity index (χ2v) is 4.87. The predicted octanol–water partition coefficient (Wildman–Crippen LogP) is 0.773. The van der Waals surface area contributed by atoms with E-state index in [0.717, 1.165) is 19.6 Å². The van der Waals surface area contributed by atoms with Gasteiger partial charge in [-0.3, -0.25) is 4.79 Å². The van der Waals surface area contributed by atoms with Gasteiger partial charge in [-0.1, -0.05) is 13.8 Å². The molecule has 0 bridgehead atoms. The topological polar surface area (TPSA) is 50.4 Å². The molecule has 1 aliphatic rings. The monoisotopic (exact) mass is 228 g/mol. The molecule has 94 valence electrons. The van der Waals surface area contributed by atoms with E-state index >= 15 is 0 Å². The summed E-state index contributed by atoms with van der Waals surface area (Å²) in [6.45, 7) is 7.15. The third-order valence-electron chi connectivity index (χ3n) is 3.15. The van der Waals surface area contributed by atoms with E-state index in [1.165, 1.54) is 20.0 Å². The third-order valence-corrected chi connectivity index (χ3v) is 3.15. The molecular weight excluding hydrogens is 204 g/mol. The molecule has 1 fully saturated rings. The van der Waals surface area contributed by atoms with Crippen LogP contribution >= 0.6 is 0 Å². The van der Waals surface area contributed by atoms with Crippen molar-refractivity contribution < 1.29 is 9.53 Å². The predicted molar refractivity (Wildman–Crippen MR) is 64.2 cm³/mol. The maximum absolute atomic E-state index is 11.5. The first-order chi connectivity index (χ1) is 7.65. The van der Waals surface area contributed by atoms with E-state index in [-0.39, 0.29) is 17.9 Å². The van der Waals surface area contributed by atoms with E-state index in [2.05, 4.69) is 10.6 Å². The second kappa shape index (κ2) is 6.86. The van der Waals surface area contributed by atoms with Gasteiger partial charge in [-0.25, -0.2) is 0 Å². The van der Waals surface area contributed by atoms with Crippen molar-refractivity contribution in [3.8, 4) is 0 Å². The Bertz CT molecular complexity index is 213. The zero-order valence-corrected chi connectivity index (χ0v) is 10.6. The van der Waals surface area contributed by atoms with Crippen molar-refractivity contribution in [3.05, 3.63) is 0 Å². The summed E-state index contributed by atoms with van der Waals surface area (Å²) < 4.78 is 4.80. The molecule has 0 aromatic rings. The summed E-state index contributed by atoms with van der Waals surface area (Å²) >= 11 is 0. The molecule has 1 heterocycles. The number of hydrogen-bond acceptors (Lipinski definition) is 4. The highest BCUT2D eigenvalue weighted by molar-refractivity contribution is 5.75. The van der Waals surface area contributed by atoms with Gasteiger partial charge in [-0.15, -0.1) is 0 Å². The van der Waals surface area contributed by atoms with Gasteiger partial charge in [0, 0.05) is 0 Å². The Morgan fingerprint density at radius 3 is 2.81 bits per heavy atom. The Kier molecular flexibility index (Phi) is 5.77. The largest absolute Gasteiger partial charge is 0.468 e. The normalized spacial score (nSPS) is 23.1. The molecule has 0 radical (unpaired) electrons. The Morgan fingerprint density at radius 1 is 1.56 bits per heavy atom. The molecule has 0 amide bonds. The zero-order valence-electron chi connectivity index (χ0n) is 10.6. The molecule has 0 saturated carbocycles. The van der Waals surface area contributed by atoms with Crippen LogP contribution in [0.5, 0.6) is 0 Å². The van der Waals surface area contributed by atoms with Crippen molar-refractivity contribution in [1.82, 2.24) is 10.6 Å². The molecule has 4 heteroatoms. The molecule has 1 aliphatic heterocycles. The van der Waals surface area contributed by atoms with E-state index < -0.39 is 0 Å². The minimum Gasteiger partial charge on any atom is -0.468 e. The Morgan fingerprint density at radius 2 is 2.31 bits per heavy atom. The van der Waals surface area contributed by atoms with E-state index in [0.29, 0.717) is 5.92 Å². The average Bonchev–Trinajstić information content (AvgIpc) is 2.30. The molecule has 2 N–H and O–H groups in total.